The molecular weight excluding hydrogens is 278 g/mol. The van der Waals surface area contributed by atoms with Gasteiger partial charge in [-0.2, -0.15) is 0 Å². The van der Waals surface area contributed by atoms with Crippen molar-refractivity contribution in [1.29, 1.82) is 0 Å². The van der Waals surface area contributed by atoms with Crippen LogP contribution in [0, 0.1) is 5.92 Å². The maximum absolute atomic E-state index is 12.4. The van der Waals surface area contributed by atoms with Crippen molar-refractivity contribution in [3.8, 4) is 0 Å². The summed E-state index contributed by atoms with van der Waals surface area (Å²) in [6, 6.07) is 1.59. The summed E-state index contributed by atoms with van der Waals surface area (Å²) in [5.74, 6) is 0.255. The van der Waals surface area contributed by atoms with Gasteiger partial charge >= 0.3 is 0 Å². The summed E-state index contributed by atoms with van der Waals surface area (Å²) in [5, 5.41) is 3.02. The summed E-state index contributed by atoms with van der Waals surface area (Å²) < 4.78 is 34.7. The molecule has 2 rings (SSSR count). The highest BCUT2D eigenvalue weighted by Crippen LogP contribution is 2.19. The standard InChI is InChI=1S/C13H23N3O3S/c1-10(11-4-5-19-9-11)15-20(17,18)13-6-12(7-14-2)16(3)8-13/h6,8,10-11,14-15H,4-5,7,9H2,1-3H3. The second-order valence-electron chi connectivity index (χ2n) is 5.34. The van der Waals surface area contributed by atoms with Gasteiger partial charge in [0.05, 0.1) is 11.5 Å². The first-order valence-corrected chi connectivity index (χ1v) is 8.32. The Morgan fingerprint density at radius 2 is 2.30 bits per heavy atom. The van der Waals surface area contributed by atoms with E-state index in [-0.39, 0.29) is 12.0 Å². The van der Waals surface area contributed by atoms with Crippen molar-refractivity contribution in [1.82, 2.24) is 14.6 Å². The monoisotopic (exact) mass is 301 g/mol. The predicted octanol–water partition coefficient (Wildman–Crippen LogP) is 0.448. The van der Waals surface area contributed by atoms with Gasteiger partial charge < -0.3 is 14.6 Å². The molecule has 7 heteroatoms. The molecule has 0 aromatic carbocycles. The highest BCUT2D eigenvalue weighted by atomic mass is 32.2. The van der Waals surface area contributed by atoms with Crippen LogP contribution in [0.25, 0.3) is 0 Å². The van der Waals surface area contributed by atoms with Crippen LogP contribution in [0.4, 0.5) is 0 Å². The summed E-state index contributed by atoms with van der Waals surface area (Å²) >= 11 is 0. The smallest absolute Gasteiger partial charge is 0.242 e. The van der Waals surface area contributed by atoms with E-state index in [2.05, 4.69) is 10.0 Å². The van der Waals surface area contributed by atoms with Gasteiger partial charge in [-0.05, 0) is 26.5 Å². The Bertz CT molecular complexity index is 547. The number of hydrogen-bond donors (Lipinski definition) is 2. The number of rotatable bonds is 6. The van der Waals surface area contributed by atoms with E-state index >= 15 is 0 Å². The molecule has 20 heavy (non-hydrogen) atoms. The fourth-order valence-corrected chi connectivity index (χ4v) is 3.84. The van der Waals surface area contributed by atoms with Crippen molar-refractivity contribution in [2.75, 3.05) is 20.3 Å². The molecule has 1 aromatic rings. The van der Waals surface area contributed by atoms with Gasteiger partial charge in [0.2, 0.25) is 10.0 Å². The number of ether oxygens (including phenoxy) is 1. The van der Waals surface area contributed by atoms with Gasteiger partial charge in [0.25, 0.3) is 0 Å². The lowest BCUT2D eigenvalue weighted by molar-refractivity contribution is 0.180. The topological polar surface area (TPSA) is 72.4 Å². The van der Waals surface area contributed by atoms with E-state index in [0.29, 0.717) is 24.7 Å². The third kappa shape index (κ3) is 3.41. The number of hydrogen-bond acceptors (Lipinski definition) is 4. The Balaban J connectivity index is 2.11. The van der Waals surface area contributed by atoms with E-state index in [4.69, 9.17) is 4.74 Å². The SMILES string of the molecule is CNCc1cc(S(=O)(=O)NC(C)C2CCOC2)cn1C. The number of nitrogens with one attached hydrogen (secondary N) is 2. The van der Waals surface area contributed by atoms with Crippen LogP contribution in [0.5, 0.6) is 0 Å². The van der Waals surface area contributed by atoms with Crippen LogP contribution in [0.2, 0.25) is 0 Å². The lowest BCUT2D eigenvalue weighted by Gasteiger charge is -2.18. The number of sulfonamides is 1. The number of aryl methyl sites for hydroxylation is 1. The minimum atomic E-state index is -3.47. The summed E-state index contributed by atoms with van der Waals surface area (Å²) in [6.07, 6.45) is 2.55. The average molecular weight is 301 g/mol. The van der Waals surface area contributed by atoms with Crippen molar-refractivity contribution in [3.63, 3.8) is 0 Å². The Morgan fingerprint density at radius 1 is 1.55 bits per heavy atom. The van der Waals surface area contributed by atoms with Crippen LogP contribution in [0.15, 0.2) is 17.2 Å². The van der Waals surface area contributed by atoms with E-state index in [9.17, 15) is 8.42 Å². The molecule has 2 atom stereocenters. The molecule has 0 radical (unpaired) electrons. The minimum Gasteiger partial charge on any atom is -0.381 e. The molecule has 1 fully saturated rings. The van der Waals surface area contributed by atoms with Crippen LogP contribution >= 0.6 is 0 Å². The molecule has 0 spiro atoms. The molecule has 2 N–H and O–H groups in total. The molecule has 0 saturated carbocycles. The fourth-order valence-electron chi connectivity index (χ4n) is 2.44. The molecule has 0 bridgehead atoms. The Kier molecular flexibility index (Phi) is 4.85. The molecule has 0 amide bonds. The zero-order chi connectivity index (χ0) is 14.8. The predicted molar refractivity (Wildman–Crippen MR) is 76.9 cm³/mol. The fraction of sp³-hybridized carbons (Fsp3) is 0.692. The Hall–Kier alpha value is -0.890. The Morgan fingerprint density at radius 3 is 2.90 bits per heavy atom. The van der Waals surface area contributed by atoms with E-state index in [1.807, 2.05) is 25.6 Å². The van der Waals surface area contributed by atoms with Crippen LogP contribution < -0.4 is 10.0 Å². The van der Waals surface area contributed by atoms with E-state index < -0.39 is 10.0 Å². The summed E-state index contributed by atoms with van der Waals surface area (Å²) in [4.78, 5) is 0.316. The van der Waals surface area contributed by atoms with Crippen molar-refractivity contribution in [3.05, 3.63) is 18.0 Å². The molecule has 6 nitrogen and oxygen atoms in total. The first kappa shape index (κ1) is 15.5. The van der Waals surface area contributed by atoms with Gasteiger partial charge in [-0.3, -0.25) is 0 Å². The molecule has 2 heterocycles. The van der Waals surface area contributed by atoms with Crippen molar-refractivity contribution in [2.45, 2.75) is 30.8 Å². The highest BCUT2D eigenvalue weighted by molar-refractivity contribution is 7.89. The number of nitrogens with zero attached hydrogens (tertiary/aromatic N) is 1. The molecule has 1 aliphatic rings. The Labute approximate surface area is 120 Å². The number of aromatic nitrogens is 1. The van der Waals surface area contributed by atoms with Crippen molar-refractivity contribution >= 4 is 10.0 Å². The summed E-state index contributed by atoms with van der Waals surface area (Å²) in [7, 11) is 0.211. The largest absolute Gasteiger partial charge is 0.381 e. The van der Waals surface area contributed by atoms with Crippen LogP contribution in [0.3, 0.4) is 0 Å². The van der Waals surface area contributed by atoms with Gasteiger partial charge in [0.15, 0.2) is 0 Å². The molecule has 114 valence electrons. The maximum Gasteiger partial charge on any atom is 0.242 e. The first-order chi connectivity index (χ1) is 9.44. The zero-order valence-electron chi connectivity index (χ0n) is 12.2. The second-order valence-corrected chi connectivity index (χ2v) is 7.06. The van der Waals surface area contributed by atoms with Crippen LogP contribution in [-0.2, 0) is 28.4 Å². The summed E-state index contributed by atoms with van der Waals surface area (Å²) in [6.45, 7) is 3.88. The lowest BCUT2D eigenvalue weighted by Crippen LogP contribution is -2.38. The van der Waals surface area contributed by atoms with Crippen LogP contribution in [0.1, 0.15) is 19.0 Å². The molecule has 2 unspecified atom stereocenters. The minimum absolute atomic E-state index is 0.115. The summed E-state index contributed by atoms with van der Waals surface area (Å²) in [5.41, 5.74) is 0.935. The van der Waals surface area contributed by atoms with Crippen LogP contribution in [-0.4, -0.2) is 39.3 Å². The average Bonchev–Trinajstić information content (AvgIpc) is 3.00. The van der Waals surface area contributed by atoms with Gasteiger partial charge in [-0.25, -0.2) is 13.1 Å². The maximum atomic E-state index is 12.4. The van der Waals surface area contributed by atoms with E-state index in [1.54, 1.807) is 12.3 Å². The van der Waals surface area contributed by atoms with E-state index in [1.165, 1.54) is 0 Å². The van der Waals surface area contributed by atoms with Gasteiger partial charge in [-0.1, -0.05) is 0 Å². The lowest BCUT2D eigenvalue weighted by atomic mass is 10.0. The molecule has 1 saturated heterocycles. The molecule has 1 aromatic heterocycles. The normalized spacial score (nSPS) is 21.2. The third-order valence-corrected chi connectivity index (χ3v) is 5.29. The van der Waals surface area contributed by atoms with Gasteiger partial charge in [0.1, 0.15) is 0 Å². The molecule has 1 aliphatic heterocycles. The molecular formula is C13H23N3O3S. The second kappa shape index (κ2) is 6.26. The van der Waals surface area contributed by atoms with Gasteiger partial charge in [-0.15, -0.1) is 0 Å². The first-order valence-electron chi connectivity index (χ1n) is 6.84. The molecule has 0 aliphatic carbocycles. The van der Waals surface area contributed by atoms with E-state index in [0.717, 1.165) is 12.1 Å². The highest BCUT2D eigenvalue weighted by Gasteiger charge is 2.27. The van der Waals surface area contributed by atoms with Crippen molar-refractivity contribution in [2.24, 2.45) is 13.0 Å². The zero-order valence-corrected chi connectivity index (χ0v) is 13.0. The van der Waals surface area contributed by atoms with Crippen molar-refractivity contribution < 1.29 is 13.2 Å². The third-order valence-electron chi connectivity index (χ3n) is 3.76. The van der Waals surface area contributed by atoms with Gasteiger partial charge in [0, 0.05) is 44.0 Å². The quantitative estimate of drug-likeness (QED) is 0.800.